The summed E-state index contributed by atoms with van der Waals surface area (Å²) in [5.41, 5.74) is 17.3. The zero-order chi connectivity index (χ0) is 28.1. The number of guanidine groups is 1. The van der Waals surface area contributed by atoms with Crippen molar-refractivity contribution < 1.29 is 29.4 Å². The molecule has 0 aliphatic carbocycles. The number of carboxylic acid groups (broad SMARTS) is 1. The second kappa shape index (κ2) is 15.4. The summed E-state index contributed by atoms with van der Waals surface area (Å²) in [4.78, 5) is 54.0. The number of aliphatic hydroxyl groups excluding tert-OH is 1. The number of rotatable bonds is 15. The predicted octanol–water partition coefficient (Wildman–Crippen LogP) is -1.81. The van der Waals surface area contributed by atoms with Crippen molar-refractivity contribution in [2.75, 3.05) is 6.54 Å². The van der Waals surface area contributed by atoms with Gasteiger partial charge in [-0.05, 0) is 31.2 Å². The van der Waals surface area contributed by atoms with Crippen molar-refractivity contribution in [3.8, 4) is 0 Å². The number of hydrogen-bond acceptors (Lipinski definition) is 7. The Morgan fingerprint density at radius 3 is 2.03 bits per heavy atom. The number of carbonyl (C=O) groups excluding carboxylic acids is 3. The fourth-order valence-corrected chi connectivity index (χ4v) is 3.40. The summed E-state index contributed by atoms with van der Waals surface area (Å²) in [5, 5.41) is 26.9. The number of aliphatic hydroxyl groups is 1. The van der Waals surface area contributed by atoms with Crippen molar-refractivity contribution in [3.63, 3.8) is 0 Å². The smallest absolute Gasteiger partial charge is 0.326 e. The first kappa shape index (κ1) is 31.3. The molecule has 11 N–H and O–H groups in total. The fourth-order valence-electron chi connectivity index (χ4n) is 3.40. The van der Waals surface area contributed by atoms with Crippen LogP contribution in [0.15, 0.2) is 35.3 Å². The van der Waals surface area contributed by atoms with Gasteiger partial charge in [-0.15, -0.1) is 0 Å². The van der Waals surface area contributed by atoms with Crippen molar-refractivity contribution in [1.82, 2.24) is 16.0 Å². The summed E-state index contributed by atoms with van der Waals surface area (Å²) in [7, 11) is 0. The molecule has 13 heteroatoms. The van der Waals surface area contributed by atoms with E-state index in [1.54, 1.807) is 44.2 Å². The van der Waals surface area contributed by atoms with Crippen LogP contribution in [0.1, 0.15) is 39.2 Å². The van der Waals surface area contributed by atoms with E-state index < -0.39 is 59.9 Å². The molecule has 13 nitrogen and oxygen atoms in total. The molecule has 0 bridgehead atoms. The molecule has 0 aromatic heterocycles. The molecule has 0 saturated heterocycles. The van der Waals surface area contributed by atoms with Crippen LogP contribution in [0.2, 0.25) is 0 Å². The van der Waals surface area contributed by atoms with Gasteiger partial charge in [0.05, 0.1) is 12.1 Å². The molecule has 1 rings (SSSR count). The minimum Gasteiger partial charge on any atom is -0.480 e. The summed E-state index contributed by atoms with van der Waals surface area (Å²) in [6, 6.07) is 4.11. The van der Waals surface area contributed by atoms with Crippen LogP contribution in [0.4, 0.5) is 0 Å². The molecule has 0 saturated carbocycles. The minimum atomic E-state index is -1.46. The maximum atomic E-state index is 13.2. The Bertz CT molecular complexity index is 935. The van der Waals surface area contributed by atoms with Gasteiger partial charge in [0.25, 0.3) is 0 Å². The SMILES string of the molecule is CC(C)C(NC(=O)C(NC(=O)C(Cc1ccccc1)NC(=O)C(N)CCCN=C(N)N)C(C)O)C(=O)O. The van der Waals surface area contributed by atoms with E-state index >= 15 is 0 Å². The number of benzene rings is 1. The van der Waals surface area contributed by atoms with E-state index in [1.165, 1.54) is 6.92 Å². The summed E-state index contributed by atoms with van der Waals surface area (Å²) < 4.78 is 0. The maximum Gasteiger partial charge on any atom is 0.326 e. The lowest BCUT2D eigenvalue weighted by Gasteiger charge is -2.27. The summed E-state index contributed by atoms with van der Waals surface area (Å²) in [6.07, 6.45) is -0.576. The molecule has 3 amide bonds. The first-order valence-electron chi connectivity index (χ1n) is 12.0. The van der Waals surface area contributed by atoms with E-state index in [4.69, 9.17) is 17.2 Å². The lowest BCUT2D eigenvalue weighted by molar-refractivity contribution is -0.144. The monoisotopic (exact) mass is 521 g/mol. The largest absolute Gasteiger partial charge is 0.480 e. The molecule has 0 radical (unpaired) electrons. The third-order valence-electron chi connectivity index (χ3n) is 5.51. The molecular weight excluding hydrogens is 482 g/mol. The molecule has 0 fully saturated rings. The van der Waals surface area contributed by atoms with Crippen molar-refractivity contribution in [2.24, 2.45) is 28.1 Å². The van der Waals surface area contributed by atoms with Crippen molar-refractivity contribution in [2.45, 2.75) is 70.3 Å². The minimum absolute atomic E-state index is 0.0719. The van der Waals surface area contributed by atoms with Gasteiger partial charge in [-0.1, -0.05) is 44.2 Å². The number of aliphatic carboxylic acids is 1. The molecule has 206 valence electrons. The zero-order valence-electron chi connectivity index (χ0n) is 21.4. The van der Waals surface area contributed by atoms with Gasteiger partial charge in [-0.3, -0.25) is 19.4 Å². The number of amides is 3. The van der Waals surface area contributed by atoms with Crippen molar-refractivity contribution >= 4 is 29.7 Å². The van der Waals surface area contributed by atoms with Gasteiger partial charge in [0.2, 0.25) is 17.7 Å². The predicted molar refractivity (Wildman–Crippen MR) is 138 cm³/mol. The van der Waals surface area contributed by atoms with E-state index in [0.717, 1.165) is 5.56 Å². The van der Waals surface area contributed by atoms with Crippen LogP contribution >= 0.6 is 0 Å². The first-order chi connectivity index (χ1) is 17.3. The normalized spacial score (nSPS) is 15.0. The van der Waals surface area contributed by atoms with Gasteiger partial charge >= 0.3 is 5.97 Å². The molecule has 1 aromatic rings. The summed E-state index contributed by atoms with van der Waals surface area (Å²) in [6.45, 7) is 4.80. The number of carboxylic acids is 1. The van der Waals surface area contributed by atoms with Crippen LogP contribution in [0.3, 0.4) is 0 Å². The number of nitrogens with one attached hydrogen (secondary N) is 3. The van der Waals surface area contributed by atoms with E-state index in [0.29, 0.717) is 6.42 Å². The highest BCUT2D eigenvalue weighted by Gasteiger charge is 2.33. The Kier molecular flexibility index (Phi) is 13.0. The van der Waals surface area contributed by atoms with Crippen molar-refractivity contribution in [1.29, 1.82) is 0 Å². The number of carbonyl (C=O) groups is 4. The van der Waals surface area contributed by atoms with Crippen LogP contribution in [-0.4, -0.2) is 76.7 Å². The maximum absolute atomic E-state index is 13.2. The van der Waals surface area contributed by atoms with Gasteiger partial charge in [0.15, 0.2) is 5.96 Å². The van der Waals surface area contributed by atoms with Gasteiger partial charge in [0, 0.05) is 13.0 Å². The van der Waals surface area contributed by atoms with Gasteiger partial charge in [0.1, 0.15) is 18.1 Å². The Morgan fingerprint density at radius 1 is 0.919 bits per heavy atom. The fraction of sp³-hybridized carbons (Fsp3) is 0.542. The van der Waals surface area contributed by atoms with Crippen LogP contribution in [-0.2, 0) is 25.6 Å². The third-order valence-corrected chi connectivity index (χ3v) is 5.51. The Hall–Kier alpha value is -3.71. The quantitative estimate of drug-likeness (QED) is 0.0736. The van der Waals surface area contributed by atoms with E-state index in [2.05, 4.69) is 20.9 Å². The zero-order valence-corrected chi connectivity index (χ0v) is 21.4. The number of aliphatic imine (C=N–C) groups is 1. The van der Waals surface area contributed by atoms with Gasteiger partial charge < -0.3 is 43.4 Å². The third kappa shape index (κ3) is 11.3. The molecular formula is C24H39N7O6. The molecule has 1 aromatic carbocycles. The van der Waals surface area contributed by atoms with E-state index in [1.807, 2.05) is 0 Å². The average Bonchev–Trinajstić information content (AvgIpc) is 2.82. The average molecular weight is 522 g/mol. The molecule has 0 heterocycles. The highest BCUT2D eigenvalue weighted by Crippen LogP contribution is 2.07. The highest BCUT2D eigenvalue weighted by molar-refractivity contribution is 5.94. The topological polar surface area (TPSA) is 235 Å². The Labute approximate surface area is 216 Å². The van der Waals surface area contributed by atoms with E-state index in [-0.39, 0.29) is 25.3 Å². The van der Waals surface area contributed by atoms with Crippen LogP contribution in [0.25, 0.3) is 0 Å². The van der Waals surface area contributed by atoms with Gasteiger partial charge in [-0.2, -0.15) is 0 Å². The second-order valence-electron chi connectivity index (χ2n) is 9.10. The molecule has 5 atom stereocenters. The highest BCUT2D eigenvalue weighted by atomic mass is 16.4. The van der Waals surface area contributed by atoms with E-state index in [9.17, 15) is 29.4 Å². The molecule has 37 heavy (non-hydrogen) atoms. The van der Waals surface area contributed by atoms with Crippen LogP contribution in [0.5, 0.6) is 0 Å². The lowest BCUT2D eigenvalue weighted by Crippen LogP contribution is -2.60. The summed E-state index contributed by atoms with van der Waals surface area (Å²) >= 11 is 0. The lowest BCUT2D eigenvalue weighted by atomic mass is 10.0. The van der Waals surface area contributed by atoms with Crippen LogP contribution in [0, 0.1) is 5.92 Å². The Balaban J connectivity index is 3.01. The van der Waals surface area contributed by atoms with Crippen molar-refractivity contribution in [3.05, 3.63) is 35.9 Å². The standard InChI is InChI=1S/C24H39N7O6/c1-13(2)18(23(36)37)30-22(35)19(14(3)32)31-21(34)17(12-15-8-5-4-6-9-15)29-20(33)16(25)10-7-11-28-24(26)27/h4-6,8-9,13-14,16-19,32H,7,10-12,25H2,1-3H3,(H,29,33)(H,30,35)(H,31,34)(H,36,37)(H4,26,27,28). The Morgan fingerprint density at radius 2 is 1.51 bits per heavy atom. The van der Waals surface area contributed by atoms with Crippen LogP contribution < -0.4 is 33.2 Å². The number of nitrogens with two attached hydrogens (primary N) is 3. The second-order valence-corrected chi connectivity index (χ2v) is 9.10. The molecule has 0 aliphatic rings. The summed E-state index contributed by atoms with van der Waals surface area (Å²) in [5.74, 6) is -3.97. The molecule has 0 spiro atoms. The number of nitrogens with zero attached hydrogens (tertiary/aromatic N) is 1. The van der Waals surface area contributed by atoms with Gasteiger partial charge in [-0.25, -0.2) is 4.79 Å². The molecule has 0 aliphatic heterocycles. The molecule has 5 unspecified atom stereocenters. The first-order valence-corrected chi connectivity index (χ1v) is 12.0. The number of hydrogen-bond donors (Lipinski definition) is 8.